The molecule has 0 spiro atoms. The number of benzene rings is 2. The molecule has 2 aromatic heterocycles. The SMILES string of the molecule is CCCOC(=O)c1c(N)oc2c(-c3ccc(C)c(Cl)c3)c3c(C(=O)OCCC)c(N)oc3cc12. The Morgan fingerprint density at radius 3 is 2.18 bits per heavy atom. The van der Waals surface area contributed by atoms with Crippen molar-refractivity contribution in [2.24, 2.45) is 0 Å². The van der Waals surface area contributed by atoms with Crippen LogP contribution in [0.1, 0.15) is 53.0 Å². The Morgan fingerprint density at radius 1 is 0.941 bits per heavy atom. The summed E-state index contributed by atoms with van der Waals surface area (Å²) in [4.78, 5) is 25.7. The number of anilines is 2. The lowest BCUT2D eigenvalue weighted by Gasteiger charge is -2.09. The van der Waals surface area contributed by atoms with Gasteiger partial charge in [-0.15, -0.1) is 0 Å². The van der Waals surface area contributed by atoms with E-state index in [1.54, 1.807) is 12.1 Å². The van der Waals surface area contributed by atoms with Gasteiger partial charge in [0.05, 0.1) is 13.2 Å². The summed E-state index contributed by atoms with van der Waals surface area (Å²) < 4.78 is 22.3. The number of fused-ring (bicyclic) bond motifs is 2. The molecule has 0 aliphatic heterocycles. The third-order valence-corrected chi connectivity index (χ3v) is 5.84. The van der Waals surface area contributed by atoms with Gasteiger partial charge in [-0.2, -0.15) is 0 Å². The van der Waals surface area contributed by atoms with Crippen LogP contribution in [-0.2, 0) is 9.47 Å². The number of aryl methyl sites for hydroxylation is 1. The van der Waals surface area contributed by atoms with Crippen LogP contribution >= 0.6 is 11.6 Å². The van der Waals surface area contributed by atoms with Crippen LogP contribution in [0, 0.1) is 6.92 Å². The van der Waals surface area contributed by atoms with Crippen molar-refractivity contribution < 1.29 is 27.9 Å². The van der Waals surface area contributed by atoms with Gasteiger partial charge in [0, 0.05) is 21.4 Å². The standard InChI is InChI=1S/C25H25ClN2O6/c1-4-8-31-24(29)18-14-11-16-19(20(23(28)33-16)25(30)32-9-5-2)17(21(14)34-22(18)27)13-7-6-12(3)15(26)10-13/h6-7,10-11H,4-5,8-9,27-28H2,1-3H3. The molecule has 178 valence electrons. The molecule has 8 nitrogen and oxygen atoms in total. The fourth-order valence-electron chi connectivity index (χ4n) is 3.82. The van der Waals surface area contributed by atoms with Gasteiger partial charge in [-0.25, -0.2) is 9.59 Å². The minimum atomic E-state index is -0.626. The van der Waals surface area contributed by atoms with E-state index in [1.807, 2.05) is 32.9 Å². The number of nitrogen functional groups attached to an aromatic ring is 2. The Morgan fingerprint density at radius 2 is 1.56 bits per heavy atom. The zero-order chi connectivity index (χ0) is 24.6. The molecule has 4 rings (SSSR count). The lowest BCUT2D eigenvalue weighted by molar-refractivity contribution is 0.0498. The fraction of sp³-hybridized carbons (Fsp3) is 0.280. The molecule has 0 saturated carbocycles. The first-order valence-electron chi connectivity index (χ1n) is 11.0. The highest BCUT2D eigenvalue weighted by Crippen LogP contribution is 2.45. The Hall–Kier alpha value is -3.65. The zero-order valence-electron chi connectivity index (χ0n) is 19.1. The third-order valence-electron chi connectivity index (χ3n) is 5.43. The highest BCUT2D eigenvalue weighted by molar-refractivity contribution is 6.32. The van der Waals surface area contributed by atoms with Crippen LogP contribution in [0.5, 0.6) is 0 Å². The number of rotatable bonds is 7. The summed E-state index contributed by atoms with van der Waals surface area (Å²) in [7, 11) is 0. The quantitative estimate of drug-likeness (QED) is 0.300. The van der Waals surface area contributed by atoms with Crippen LogP contribution in [0.25, 0.3) is 33.1 Å². The number of furan rings is 2. The van der Waals surface area contributed by atoms with Gasteiger partial charge in [-0.05, 0) is 43.0 Å². The fourth-order valence-corrected chi connectivity index (χ4v) is 4.00. The van der Waals surface area contributed by atoms with Crippen LogP contribution in [0.15, 0.2) is 33.1 Å². The largest absolute Gasteiger partial charge is 0.462 e. The number of hydrogen-bond donors (Lipinski definition) is 2. The lowest BCUT2D eigenvalue weighted by atomic mass is 9.95. The van der Waals surface area contributed by atoms with Gasteiger partial charge in [0.1, 0.15) is 22.3 Å². The lowest BCUT2D eigenvalue weighted by Crippen LogP contribution is -2.08. The van der Waals surface area contributed by atoms with E-state index in [4.69, 9.17) is 41.4 Å². The Labute approximate surface area is 200 Å². The van der Waals surface area contributed by atoms with Crippen LogP contribution in [0.4, 0.5) is 11.8 Å². The van der Waals surface area contributed by atoms with Crippen molar-refractivity contribution in [2.75, 3.05) is 24.7 Å². The van der Waals surface area contributed by atoms with E-state index in [0.29, 0.717) is 39.8 Å². The van der Waals surface area contributed by atoms with E-state index in [2.05, 4.69) is 0 Å². The van der Waals surface area contributed by atoms with Crippen LogP contribution in [-0.4, -0.2) is 25.2 Å². The topological polar surface area (TPSA) is 131 Å². The summed E-state index contributed by atoms with van der Waals surface area (Å²) in [6, 6.07) is 6.97. The summed E-state index contributed by atoms with van der Waals surface area (Å²) in [6.07, 6.45) is 1.29. The first-order valence-corrected chi connectivity index (χ1v) is 11.3. The van der Waals surface area contributed by atoms with Crippen molar-refractivity contribution in [3.8, 4) is 11.1 Å². The first-order chi connectivity index (χ1) is 16.3. The van der Waals surface area contributed by atoms with Crippen molar-refractivity contribution in [2.45, 2.75) is 33.6 Å². The molecule has 4 N–H and O–H groups in total. The maximum absolute atomic E-state index is 12.9. The van der Waals surface area contributed by atoms with Crippen molar-refractivity contribution in [3.63, 3.8) is 0 Å². The number of carbonyl (C=O) groups excluding carboxylic acids is 2. The minimum Gasteiger partial charge on any atom is -0.462 e. The summed E-state index contributed by atoms with van der Waals surface area (Å²) in [6.45, 7) is 6.10. The summed E-state index contributed by atoms with van der Waals surface area (Å²) in [5.41, 5.74) is 14.9. The Balaban J connectivity index is 2.09. The maximum Gasteiger partial charge on any atom is 0.344 e. The molecule has 0 bridgehead atoms. The molecule has 4 aromatic rings. The first kappa shape index (κ1) is 23.5. The van der Waals surface area contributed by atoms with E-state index < -0.39 is 11.9 Å². The molecule has 0 unspecified atom stereocenters. The molecule has 0 saturated heterocycles. The second kappa shape index (κ2) is 9.30. The molecular weight excluding hydrogens is 460 g/mol. The number of esters is 2. The summed E-state index contributed by atoms with van der Waals surface area (Å²) in [5.74, 6) is -1.45. The molecule has 0 fully saturated rings. The average Bonchev–Trinajstić information content (AvgIpc) is 3.31. The van der Waals surface area contributed by atoms with Crippen LogP contribution in [0.3, 0.4) is 0 Å². The molecule has 9 heteroatoms. The molecule has 34 heavy (non-hydrogen) atoms. The van der Waals surface area contributed by atoms with Gasteiger partial charge in [0.15, 0.2) is 0 Å². The highest BCUT2D eigenvalue weighted by atomic mass is 35.5. The van der Waals surface area contributed by atoms with Crippen molar-refractivity contribution in [3.05, 3.63) is 46.0 Å². The summed E-state index contributed by atoms with van der Waals surface area (Å²) >= 11 is 6.42. The molecule has 0 amide bonds. The monoisotopic (exact) mass is 484 g/mol. The minimum absolute atomic E-state index is 0.0714. The van der Waals surface area contributed by atoms with Crippen LogP contribution < -0.4 is 11.5 Å². The van der Waals surface area contributed by atoms with Gasteiger partial charge in [-0.1, -0.05) is 37.6 Å². The van der Waals surface area contributed by atoms with Crippen LogP contribution in [0.2, 0.25) is 5.02 Å². The Kier molecular flexibility index (Phi) is 6.43. The zero-order valence-corrected chi connectivity index (χ0v) is 19.9. The number of nitrogens with two attached hydrogens (primary N) is 2. The smallest absolute Gasteiger partial charge is 0.344 e. The van der Waals surface area contributed by atoms with E-state index >= 15 is 0 Å². The molecule has 2 aromatic carbocycles. The number of hydrogen-bond acceptors (Lipinski definition) is 8. The van der Waals surface area contributed by atoms with Crippen molar-refractivity contribution >= 4 is 57.2 Å². The van der Waals surface area contributed by atoms with Gasteiger partial charge >= 0.3 is 11.9 Å². The predicted molar refractivity (Wildman–Crippen MR) is 131 cm³/mol. The van der Waals surface area contributed by atoms with Gasteiger partial charge in [0.2, 0.25) is 11.8 Å². The number of halogens is 1. The molecule has 0 atom stereocenters. The average molecular weight is 485 g/mol. The van der Waals surface area contributed by atoms with E-state index in [9.17, 15) is 9.59 Å². The predicted octanol–water partition coefficient (Wildman–Crippen LogP) is 6.11. The van der Waals surface area contributed by atoms with Gasteiger partial charge in [0.25, 0.3) is 0 Å². The second-order valence-electron chi connectivity index (χ2n) is 7.92. The molecule has 0 aliphatic carbocycles. The van der Waals surface area contributed by atoms with Gasteiger partial charge < -0.3 is 29.8 Å². The second-order valence-corrected chi connectivity index (χ2v) is 8.33. The Bertz CT molecular complexity index is 1420. The summed E-state index contributed by atoms with van der Waals surface area (Å²) in [5, 5.41) is 1.27. The van der Waals surface area contributed by atoms with Crippen molar-refractivity contribution in [1.29, 1.82) is 0 Å². The number of carbonyl (C=O) groups is 2. The van der Waals surface area contributed by atoms with Gasteiger partial charge in [-0.3, -0.25) is 0 Å². The normalized spacial score (nSPS) is 11.3. The number of ether oxygens (including phenoxy) is 2. The maximum atomic E-state index is 12.9. The third kappa shape index (κ3) is 3.94. The molecular formula is C25H25ClN2O6. The van der Waals surface area contributed by atoms with E-state index in [1.165, 1.54) is 0 Å². The molecule has 0 radical (unpaired) electrons. The highest BCUT2D eigenvalue weighted by Gasteiger charge is 2.30. The van der Waals surface area contributed by atoms with E-state index in [0.717, 1.165) is 5.56 Å². The molecule has 0 aliphatic rings. The molecule has 2 heterocycles. The van der Waals surface area contributed by atoms with Crippen molar-refractivity contribution in [1.82, 2.24) is 0 Å². The van der Waals surface area contributed by atoms with E-state index in [-0.39, 0.29) is 47.3 Å².